The number of carbonyl (C=O) groups is 3. The lowest BCUT2D eigenvalue weighted by atomic mass is 10.1. The summed E-state index contributed by atoms with van der Waals surface area (Å²) in [6.45, 7) is 5.43. The molecule has 1 aromatic heterocycles. The minimum atomic E-state index is -1.26. The molecule has 0 atom stereocenters. The molecule has 0 spiro atoms. The predicted molar refractivity (Wildman–Crippen MR) is 141 cm³/mol. The first-order valence-corrected chi connectivity index (χ1v) is 12.4. The molecule has 0 saturated heterocycles. The van der Waals surface area contributed by atoms with E-state index < -0.39 is 11.9 Å². The Hall–Kier alpha value is -4.02. The zero-order valence-electron chi connectivity index (χ0n) is 20.9. The van der Waals surface area contributed by atoms with E-state index in [1.807, 2.05) is 31.3 Å². The van der Waals surface area contributed by atoms with Crippen LogP contribution in [-0.4, -0.2) is 74.0 Å². The van der Waals surface area contributed by atoms with Gasteiger partial charge in [0.05, 0.1) is 5.56 Å². The fourth-order valence-corrected chi connectivity index (χ4v) is 4.05. The molecule has 4 rings (SSSR count). The smallest absolute Gasteiger partial charge is 0.328 e. The Morgan fingerprint density at radius 1 is 1.11 bits per heavy atom. The molecule has 1 aromatic carbocycles. The minimum absolute atomic E-state index is 0.118. The fourth-order valence-electron chi connectivity index (χ4n) is 3.84. The second-order valence-electron chi connectivity index (χ2n) is 8.53. The van der Waals surface area contributed by atoms with Crippen LogP contribution in [0.4, 0.5) is 0 Å². The monoisotopic (exact) mass is 540 g/mol. The molecule has 0 saturated carbocycles. The van der Waals surface area contributed by atoms with E-state index in [0.717, 1.165) is 50.4 Å². The highest BCUT2D eigenvalue weighted by atomic mass is 35.5. The molecule has 1 amide bonds. The zero-order valence-corrected chi connectivity index (χ0v) is 21.7. The van der Waals surface area contributed by atoms with Crippen LogP contribution < -0.4 is 4.74 Å². The highest BCUT2D eigenvalue weighted by Crippen LogP contribution is 2.27. The number of amides is 1. The summed E-state index contributed by atoms with van der Waals surface area (Å²) in [4.78, 5) is 44.9. The molecular formula is C27H29ClN4O6. The number of unbranched alkanes of at least 4 members (excludes halogenated alkanes) is 1. The largest absolute Gasteiger partial charge is 0.478 e. The van der Waals surface area contributed by atoms with E-state index >= 15 is 0 Å². The quantitative estimate of drug-likeness (QED) is 0.290. The number of para-hydroxylation sites is 1. The van der Waals surface area contributed by atoms with Crippen LogP contribution in [0.15, 0.2) is 66.2 Å². The first-order valence-electron chi connectivity index (χ1n) is 12.0. The molecule has 0 aliphatic carbocycles. The number of rotatable bonds is 8. The molecule has 2 aromatic rings. The molecule has 200 valence electrons. The van der Waals surface area contributed by atoms with Gasteiger partial charge in [0.2, 0.25) is 0 Å². The van der Waals surface area contributed by atoms with E-state index in [1.54, 1.807) is 17.0 Å². The average molecular weight is 541 g/mol. The highest BCUT2D eigenvalue weighted by Gasteiger charge is 2.25. The van der Waals surface area contributed by atoms with Crippen LogP contribution in [0.2, 0.25) is 0 Å². The summed E-state index contributed by atoms with van der Waals surface area (Å²) in [5.41, 5.74) is 2.75. The maximum atomic E-state index is 12.8. The highest BCUT2D eigenvalue weighted by molar-refractivity contribution is 6.30. The Balaban J connectivity index is 0.000000436. The molecule has 0 unspecified atom stereocenters. The number of benzene rings is 1. The number of carboxylic acids is 2. The molecule has 3 heterocycles. The molecule has 0 fully saturated rings. The van der Waals surface area contributed by atoms with Crippen molar-refractivity contribution in [3.05, 3.63) is 83.3 Å². The molecule has 11 heteroatoms. The van der Waals surface area contributed by atoms with Crippen molar-refractivity contribution in [1.29, 1.82) is 0 Å². The van der Waals surface area contributed by atoms with Crippen LogP contribution in [0.3, 0.4) is 0 Å². The van der Waals surface area contributed by atoms with E-state index in [-0.39, 0.29) is 5.91 Å². The lowest BCUT2D eigenvalue weighted by Gasteiger charge is -2.26. The van der Waals surface area contributed by atoms with Crippen LogP contribution in [0.1, 0.15) is 41.1 Å². The number of aliphatic carboxylic acids is 2. The summed E-state index contributed by atoms with van der Waals surface area (Å²) in [6, 6.07) is 9.13. The Morgan fingerprint density at radius 2 is 1.82 bits per heavy atom. The predicted octanol–water partition coefficient (Wildman–Crippen LogP) is 3.94. The number of aryl methyl sites for hydroxylation is 1. The van der Waals surface area contributed by atoms with Gasteiger partial charge in [-0.05, 0) is 56.5 Å². The maximum Gasteiger partial charge on any atom is 0.328 e. The van der Waals surface area contributed by atoms with Crippen molar-refractivity contribution >= 4 is 35.0 Å². The number of hydrogen-bond acceptors (Lipinski definition) is 7. The third-order valence-corrected chi connectivity index (χ3v) is 6.05. The minimum Gasteiger partial charge on any atom is -0.478 e. The standard InChI is InChI=1S/C23H25ClN4O2.C4H4O4/c1-17-8-11-25-22(26-17)18-9-14-27(15-10-18)12-4-5-13-28-21(24)16-30-20-7-3-2-6-19(20)23(28)29;5-3(6)1-2-4(7)8/h2-3,6-9,11,16H,4-5,10,12-15H2,1H3;1-2H,(H,5,6)(H,7,8)/b;2-1+. The molecular weight excluding hydrogens is 512 g/mol. The summed E-state index contributed by atoms with van der Waals surface area (Å²) in [5.74, 6) is -1.25. The topological polar surface area (TPSA) is 133 Å². The average Bonchev–Trinajstić information content (AvgIpc) is 3.02. The van der Waals surface area contributed by atoms with Gasteiger partial charge in [-0.2, -0.15) is 0 Å². The molecule has 0 radical (unpaired) electrons. The lowest BCUT2D eigenvalue weighted by Crippen LogP contribution is -2.32. The number of aromatic nitrogens is 2. The van der Waals surface area contributed by atoms with Gasteiger partial charge in [-0.15, -0.1) is 0 Å². The summed E-state index contributed by atoms with van der Waals surface area (Å²) in [6.07, 6.45) is 9.41. The van der Waals surface area contributed by atoms with Crippen molar-refractivity contribution in [3.63, 3.8) is 0 Å². The number of ether oxygens (including phenoxy) is 1. The second kappa shape index (κ2) is 14.1. The van der Waals surface area contributed by atoms with Gasteiger partial charge >= 0.3 is 11.9 Å². The van der Waals surface area contributed by atoms with Gasteiger partial charge < -0.3 is 14.9 Å². The van der Waals surface area contributed by atoms with Gasteiger partial charge in [0.15, 0.2) is 5.82 Å². The molecule has 2 N–H and O–H groups in total. The first kappa shape index (κ1) is 28.5. The van der Waals surface area contributed by atoms with Gasteiger partial charge in [0.1, 0.15) is 17.2 Å². The van der Waals surface area contributed by atoms with E-state index in [0.29, 0.717) is 35.2 Å². The van der Waals surface area contributed by atoms with E-state index in [2.05, 4.69) is 20.9 Å². The lowest BCUT2D eigenvalue weighted by molar-refractivity contribution is -0.134. The summed E-state index contributed by atoms with van der Waals surface area (Å²) < 4.78 is 5.54. The number of nitrogens with zero attached hydrogens (tertiary/aromatic N) is 4. The number of carbonyl (C=O) groups excluding carboxylic acids is 1. The summed E-state index contributed by atoms with van der Waals surface area (Å²) >= 11 is 6.30. The van der Waals surface area contributed by atoms with Crippen LogP contribution in [0, 0.1) is 6.92 Å². The zero-order chi connectivity index (χ0) is 27.5. The number of hydrogen-bond donors (Lipinski definition) is 2. The summed E-state index contributed by atoms with van der Waals surface area (Å²) in [7, 11) is 0. The van der Waals surface area contributed by atoms with Crippen LogP contribution in [0.25, 0.3) is 5.57 Å². The van der Waals surface area contributed by atoms with Crippen molar-refractivity contribution in [2.45, 2.75) is 26.2 Å². The third kappa shape index (κ3) is 8.53. The molecule has 10 nitrogen and oxygen atoms in total. The maximum absolute atomic E-state index is 12.8. The SMILES string of the molecule is Cc1ccnc(C2=CCN(CCCCN3C(=O)c4ccccc4OC=C3Cl)CC2)n1.O=C(O)/C=C/C(=O)O. The molecule has 38 heavy (non-hydrogen) atoms. The van der Waals surface area contributed by atoms with Crippen molar-refractivity contribution in [2.24, 2.45) is 0 Å². The third-order valence-electron chi connectivity index (χ3n) is 5.75. The van der Waals surface area contributed by atoms with Crippen LogP contribution >= 0.6 is 11.6 Å². The van der Waals surface area contributed by atoms with Gasteiger partial charge in [-0.1, -0.05) is 29.8 Å². The van der Waals surface area contributed by atoms with Gasteiger partial charge in [-0.3, -0.25) is 14.6 Å². The van der Waals surface area contributed by atoms with E-state index in [1.165, 1.54) is 11.8 Å². The number of fused-ring (bicyclic) bond motifs is 1. The Kier molecular flexibility index (Phi) is 10.6. The van der Waals surface area contributed by atoms with Crippen molar-refractivity contribution < 1.29 is 29.3 Å². The number of halogens is 1. The van der Waals surface area contributed by atoms with E-state index in [4.69, 9.17) is 26.6 Å². The number of carboxylic acid groups (broad SMARTS) is 2. The molecule has 0 bridgehead atoms. The normalized spacial score (nSPS) is 15.4. The Bertz CT molecular complexity index is 1240. The van der Waals surface area contributed by atoms with Crippen LogP contribution in [-0.2, 0) is 9.59 Å². The van der Waals surface area contributed by atoms with E-state index in [9.17, 15) is 14.4 Å². The molecule has 2 aliphatic heterocycles. The van der Waals surface area contributed by atoms with Crippen molar-refractivity contribution in [2.75, 3.05) is 26.2 Å². The van der Waals surface area contributed by atoms with Gasteiger partial charge in [-0.25, -0.2) is 19.6 Å². The van der Waals surface area contributed by atoms with Gasteiger partial charge in [0.25, 0.3) is 5.91 Å². The summed E-state index contributed by atoms with van der Waals surface area (Å²) in [5, 5.41) is 15.9. The Morgan fingerprint density at radius 3 is 2.47 bits per heavy atom. The Labute approximate surface area is 225 Å². The van der Waals surface area contributed by atoms with Crippen molar-refractivity contribution in [3.8, 4) is 5.75 Å². The first-order chi connectivity index (χ1) is 18.2. The second-order valence-corrected chi connectivity index (χ2v) is 8.92. The van der Waals surface area contributed by atoms with Crippen LogP contribution in [0.5, 0.6) is 5.75 Å². The fraction of sp³-hybridized carbons (Fsp3) is 0.296. The van der Waals surface area contributed by atoms with Gasteiger partial charge in [0, 0.05) is 43.7 Å². The molecule has 2 aliphatic rings. The van der Waals surface area contributed by atoms with Crippen molar-refractivity contribution in [1.82, 2.24) is 19.8 Å².